The van der Waals surface area contributed by atoms with Crippen LogP contribution >= 0.6 is 0 Å². The second-order valence-corrected chi connectivity index (χ2v) is 8.83. The van der Waals surface area contributed by atoms with Crippen molar-refractivity contribution in [1.29, 1.82) is 0 Å². The van der Waals surface area contributed by atoms with E-state index >= 15 is 0 Å². The number of rotatable bonds is 9. The van der Waals surface area contributed by atoms with E-state index in [1.54, 1.807) is 0 Å². The highest BCUT2D eigenvalue weighted by molar-refractivity contribution is 5.82. The van der Waals surface area contributed by atoms with E-state index in [9.17, 15) is 9.90 Å². The third kappa shape index (κ3) is 5.73. The average molecular weight is 503 g/mol. The molecule has 1 N–H and O–H groups in total. The SMILES string of the molecule is CCCC[N+](C)(C)Cc1ccc2oc(-c3ccc(N(CC)CC)cc3)c(O)c(=O)c2c1.[Br-]. The zero-order valence-corrected chi connectivity index (χ0v) is 21.4. The molecule has 2 aromatic carbocycles. The number of aromatic hydroxyl groups is 1. The molecule has 0 saturated heterocycles. The lowest BCUT2D eigenvalue weighted by atomic mass is 10.1. The van der Waals surface area contributed by atoms with Crippen LogP contribution in [0.2, 0.25) is 0 Å². The Morgan fingerprint density at radius 1 is 1.00 bits per heavy atom. The van der Waals surface area contributed by atoms with Gasteiger partial charge in [-0.25, -0.2) is 0 Å². The van der Waals surface area contributed by atoms with Gasteiger partial charge in [-0.05, 0) is 62.7 Å². The van der Waals surface area contributed by atoms with E-state index in [2.05, 4.69) is 39.8 Å². The number of hydrogen-bond acceptors (Lipinski definition) is 4. The fraction of sp³-hybridized carbons (Fsp3) is 0.423. The first-order valence-electron chi connectivity index (χ1n) is 11.3. The van der Waals surface area contributed by atoms with E-state index < -0.39 is 0 Å². The Hall–Kier alpha value is -2.31. The summed E-state index contributed by atoms with van der Waals surface area (Å²) in [6.07, 6.45) is 2.33. The molecule has 32 heavy (non-hydrogen) atoms. The number of halogens is 1. The summed E-state index contributed by atoms with van der Waals surface area (Å²) in [6.45, 7) is 10.2. The topological polar surface area (TPSA) is 53.7 Å². The van der Waals surface area contributed by atoms with E-state index in [-0.39, 0.29) is 33.9 Å². The standard InChI is InChI=1S/C26H34N2O3.BrH/c1-6-9-16-28(4,5)18-19-10-15-23-22(17-19)24(29)25(30)26(31-23)20-11-13-21(14-12-20)27(7-2)8-3;/h10-15,17H,6-9,16,18H2,1-5H3;1H. The van der Waals surface area contributed by atoms with Crippen LogP contribution in [-0.2, 0) is 6.54 Å². The Bertz CT molecular complexity index is 1090. The highest BCUT2D eigenvalue weighted by Gasteiger charge is 2.19. The molecule has 6 heteroatoms. The van der Waals surface area contributed by atoms with E-state index in [1.165, 1.54) is 6.42 Å². The van der Waals surface area contributed by atoms with E-state index in [4.69, 9.17) is 4.42 Å². The number of nitrogens with zero attached hydrogens (tertiary/aromatic N) is 2. The van der Waals surface area contributed by atoms with Crippen LogP contribution in [-0.4, -0.2) is 43.3 Å². The van der Waals surface area contributed by atoms with Gasteiger partial charge >= 0.3 is 0 Å². The van der Waals surface area contributed by atoms with Gasteiger partial charge in [0.25, 0.3) is 0 Å². The predicted octanol–water partition coefficient (Wildman–Crippen LogP) is 2.39. The number of quaternary nitrogens is 1. The van der Waals surface area contributed by atoms with Gasteiger partial charge in [0.05, 0.1) is 26.0 Å². The fourth-order valence-corrected chi connectivity index (χ4v) is 4.10. The Morgan fingerprint density at radius 2 is 1.66 bits per heavy atom. The second-order valence-electron chi connectivity index (χ2n) is 8.83. The van der Waals surface area contributed by atoms with Gasteiger partial charge in [0, 0.05) is 29.9 Å². The molecule has 1 heterocycles. The summed E-state index contributed by atoms with van der Waals surface area (Å²) in [5.74, 6) is -0.115. The van der Waals surface area contributed by atoms with Gasteiger partial charge in [-0.15, -0.1) is 0 Å². The van der Waals surface area contributed by atoms with Crippen molar-refractivity contribution in [2.45, 2.75) is 40.2 Å². The molecule has 0 atom stereocenters. The van der Waals surface area contributed by atoms with Crippen LogP contribution in [0.15, 0.2) is 51.7 Å². The number of benzene rings is 2. The quantitative estimate of drug-likeness (QED) is 0.456. The summed E-state index contributed by atoms with van der Waals surface area (Å²) in [5.41, 5.74) is 2.97. The Labute approximate surface area is 201 Å². The number of hydrogen-bond donors (Lipinski definition) is 1. The molecule has 3 rings (SSSR count). The Balaban J connectivity index is 0.00000363. The maximum Gasteiger partial charge on any atom is 0.235 e. The Kier molecular flexibility index (Phi) is 8.93. The molecule has 0 fully saturated rings. The van der Waals surface area contributed by atoms with Crippen molar-refractivity contribution in [3.8, 4) is 17.1 Å². The monoisotopic (exact) mass is 502 g/mol. The fourth-order valence-electron chi connectivity index (χ4n) is 4.10. The van der Waals surface area contributed by atoms with Gasteiger partial charge < -0.3 is 35.9 Å². The van der Waals surface area contributed by atoms with Crippen LogP contribution in [0, 0.1) is 0 Å². The summed E-state index contributed by atoms with van der Waals surface area (Å²) in [4.78, 5) is 15.2. The lowest BCUT2D eigenvalue weighted by Crippen LogP contribution is -3.00. The highest BCUT2D eigenvalue weighted by Crippen LogP contribution is 2.31. The first kappa shape index (κ1) is 25.9. The molecule has 0 radical (unpaired) electrons. The lowest BCUT2D eigenvalue weighted by molar-refractivity contribution is -0.903. The van der Waals surface area contributed by atoms with Crippen LogP contribution in [0.5, 0.6) is 5.75 Å². The highest BCUT2D eigenvalue weighted by atomic mass is 79.9. The van der Waals surface area contributed by atoms with Crippen molar-refractivity contribution >= 4 is 16.7 Å². The number of unbranched alkanes of at least 4 members (excludes halogenated alkanes) is 1. The van der Waals surface area contributed by atoms with Gasteiger partial charge in [0.1, 0.15) is 12.1 Å². The number of fused-ring (bicyclic) bond motifs is 1. The summed E-state index contributed by atoms with van der Waals surface area (Å²) in [6, 6.07) is 13.5. The zero-order chi connectivity index (χ0) is 22.6. The Morgan fingerprint density at radius 3 is 2.25 bits per heavy atom. The van der Waals surface area contributed by atoms with Gasteiger partial charge in [-0.1, -0.05) is 13.3 Å². The molecule has 0 aliphatic carbocycles. The van der Waals surface area contributed by atoms with E-state index in [0.29, 0.717) is 16.5 Å². The summed E-state index contributed by atoms with van der Waals surface area (Å²) in [5, 5.41) is 11.1. The van der Waals surface area contributed by atoms with Crippen LogP contribution in [0.4, 0.5) is 5.69 Å². The maximum absolute atomic E-state index is 13.0. The molecule has 0 aliphatic heterocycles. The van der Waals surface area contributed by atoms with Crippen LogP contribution in [0.25, 0.3) is 22.3 Å². The molecular formula is C26H35BrN2O3. The van der Waals surface area contributed by atoms with E-state index in [0.717, 1.165) is 48.3 Å². The lowest BCUT2D eigenvalue weighted by Gasteiger charge is -2.29. The van der Waals surface area contributed by atoms with Crippen molar-refractivity contribution in [3.05, 3.63) is 58.3 Å². The van der Waals surface area contributed by atoms with Crippen molar-refractivity contribution in [3.63, 3.8) is 0 Å². The van der Waals surface area contributed by atoms with Gasteiger partial charge in [-0.2, -0.15) is 0 Å². The molecule has 1 aromatic heterocycles. The molecular weight excluding hydrogens is 468 g/mol. The first-order chi connectivity index (χ1) is 14.8. The number of anilines is 1. The van der Waals surface area contributed by atoms with Crippen molar-refractivity contribution in [1.82, 2.24) is 0 Å². The van der Waals surface area contributed by atoms with Crippen molar-refractivity contribution in [2.24, 2.45) is 0 Å². The molecule has 0 unspecified atom stereocenters. The third-order valence-electron chi connectivity index (χ3n) is 5.92. The minimum atomic E-state index is -0.384. The van der Waals surface area contributed by atoms with E-state index in [1.807, 2.05) is 42.5 Å². The summed E-state index contributed by atoms with van der Waals surface area (Å²) >= 11 is 0. The minimum absolute atomic E-state index is 0. The van der Waals surface area contributed by atoms with Gasteiger partial charge in [-0.3, -0.25) is 4.79 Å². The summed E-state index contributed by atoms with van der Waals surface area (Å²) in [7, 11) is 4.40. The maximum atomic E-state index is 13.0. The predicted molar refractivity (Wildman–Crippen MR) is 129 cm³/mol. The molecule has 0 aliphatic rings. The normalized spacial score (nSPS) is 11.4. The molecule has 0 saturated carbocycles. The second kappa shape index (κ2) is 11.0. The first-order valence-corrected chi connectivity index (χ1v) is 11.3. The van der Waals surface area contributed by atoms with Crippen LogP contribution < -0.4 is 27.3 Å². The van der Waals surface area contributed by atoms with Crippen molar-refractivity contribution in [2.75, 3.05) is 38.6 Å². The molecule has 5 nitrogen and oxygen atoms in total. The van der Waals surface area contributed by atoms with Crippen LogP contribution in [0.3, 0.4) is 0 Å². The van der Waals surface area contributed by atoms with Crippen LogP contribution in [0.1, 0.15) is 39.2 Å². The van der Waals surface area contributed by atoms with Crippen molar-refractivity contribution < 1.29 is 31.0 Å². The largest absolute Gasteiger partial charge is 1.00 e. The molecule has 174 valence electrons. The molecule has 0 amide bonds. The molecule has 0 spiro atoms. The third-order valence-corrected chi connectivity index (χ3v) is 5.92. The minimum Gasteiger partial charge on any atom is -1.00 e. The zero-order valence-electron chi connectivity index (χ0n) is 19.8. The smallest absolute Gasteiger partial charge is 0.235 e. The van der Waals surface area contributed by atoms with Gasteiger partial charge in [0.2, 0.25) is 11.2 Å². The molecule has 0 bridgehead atoms. The average Bonchev–Trinajstić information content (AvgIpc) is 2.76. The van der Waals surface area contributed by atoms with Gasteiger partial charge in [0.15, 0.2) is 5.76 Å². The molecule has 3 aromatic rings. The summed E-state index contributed by atoms with van der Waals surface area (Å²) < 4.78 is 6.85.